The lowest BCUT2D eigenvalue weighted by Gasteiger charge is -2.11. The van der Waals surface area contributed by atoms with Gasteiger partial charge in [0.2, 0.25) is 0 Å². The Kier molecular flexibility index (Phi) is 6.26. The number of ketones is 1. The van der Waals surface area contributed by atoms with Crippen molar-refractivity contribution in [3.05, 3.63) is 87.2 Å². The van der Waals surface area contributed by atoms with Gasteiger partial charge in [-0.25, -0.2) is 0 Å². The Balaban J connectivity index is 1.69. The summed E-state index contributed by atoms with van der Waals surface area (Å²) in [5.41, 5.74) is 2.85. The Labute approximate surface area is 173 Å². The van der Waals surface area contributed by atoms with E-state index in [1.54, 1.807) is 55.2 Å². The molecule has 0 bridgehead atoms. The predicted molar refractivity (Wildman–Crippen MR) is 112 cm³/mol. The van der Waals surface area contributed by atoms with Gasteiger partial charge in [0.15, 0.2) is 17.3 Å². The number of methoxy groups -OCH3 is 1. The van der Waals surface area contributed by atoms with E-state index in [4.69, 9.17) is 9.47 Å². The second-order valence-corrected chi connectivity index (χ2v) is 6.62. The van der Waals surface area contributed by atoms with Crippen molar-refractivity contribution in [2.24, 2.45) is 7.05 Å². The Bertz CT molecular complexity index is 1100. The van der Waals surface area contributed by atoms with Crippen LogP contribution in [0.25, 0.3) is 6.08 Å². The molecule has 0 fully saturated rings. The largest absolute Gasteiger partial charge is 0.493 e. The molecule has 3 rings (SSSR count). The lowest BCUT2D eigenvalue weighted by atomic mass is 10.1. The molecule has 0 atom stereocenters. The van der Waals surface area contributed by atoms with Crippen LogP contribution in [0.1, 0.15) is 27.2 Å². The van der Waals surface area contributed by atoms with E-state index < -0.39 is 4.92 Å². The van der Waals surface area contributed by atoms with Gasteiger partial charge in [0, 0.05) is 25.4 Å². The second kappa shape index (κ2) is 9.04. The zero-order valence-corrected chi connectivity index (χ0v) is 16.9. The van der Waals surface area contributed by atoms with E-state index in [0.29, 0.717) is 22.8 Å². The summed E-state index contributed by atoms with van der Waals surface area (Å²) in [7, 11) is 3.31. The number of rotatable bonds is 8. The smallest absolute Gasteiger partial charge is 0.269 e. The van der Waals surface area contributed by atoms with Crippen LogP contribution in [0.4, 0.5) is 5.69 Å². The Morgan fingerprint density at radius 1 is 1.20 bits per heavy atom. The number of nitro benzene ring substituents is 1. The third-order valence-electron chi connectivity index (χ3n) is 4.44. The molecule has 0 saturated carbocycles. The SMILES string of the molecule is COc1cc(/C=C/C(=O)c2cn(C)nc2C)ccc1OCc1ccc([N+](=O)[O-])cc1. The molecule has 8 heteroatoms. The minimum Gasteiger partial charge on any atom is -0.493 e. The molecule has 0 aliphatic heterocycles. The maximum absolute atomic E-state index is 12.4. The summed E-state index contributed by atoms with van der Waals surface area (Å²) in [4.78, 5) is 22.6. The molecule has 0 aliphatic carbocycles. The first-order valence-corrected chi connectivity index (χ1v) is 9.14. The number of aryl methyl sites for hydroxylation is 2. The molecule has 0 N–H and O–H groups in total. The Morgan fingerprint density at radius 2 is 1.93 bits per heavy atom. The van der Waals surface area contributed by atoms with Gasteiger partial charge in [-0.15, -0.1) is 0 Å². The number of carbonyl (C=O) groups excluding carboxylic acids is 1. The number of carbonyl (C=O) groups is 1. The molecule has 0 spiro atoms. The molecule has 1 aromatic heterocycles. The van der Waals surface area contributed by atoms with Gasteiger partial charge < -0.3 is 9.47 Å². The zero-order valence-electron chi connectivity index (χ0n) is 16.9. The van der Waals surface area contributed by atoms with Gasteiger partial charge in [-0.2, -0.15) is 5.10 Å². The van der Waals surface area contributed by atoms with E-state index in [1.165, 1.54) is 25.3 Å². The number of allylic oxidation sites excluding steroid dienone is 1. The first kappa shape index (κ1) is 20.8. The van der Waals surface area contributed by atoms with Crippen molar-refractivity contribution in [3.63, 3.8) is 0 Å². The molecule has 154 valence electrons. The van der Waals surface area contributed by atoms with Crippen LogP contribution in [0, 0.1) is 17.0 Å². The van der Waals surface area contributed by atoms with Gasteiger partial charge in [-0.05, 0) is 48.4 Å². The third-order valence-corrected chi connectivity index (χ3v) is 4.44. The fourth-order valence-electron chi connectivity index (χ4n) is 2.89. The molecule has 8 nitrogen and oxygen atoms in total. The van der Waals surface area contributed by atoms with E-state index in [2.05, 4.69) is 5.10 Å². The highest BCUT2D eigenvalue weighted by Gasteiger charge is 2.10. The molecule has 0 unspecified atom stereocenters. The van der Waals surface area contributed by atoms with Gasteiger partial charge in [-0.1, -0.05) is 12.1 Å². The molecule has 0 saturated heterocycles. The van der Waals surface area contributed by atoms with Gasteiger partial charge in [0.25, 0.3) is 5.69 Å². The van der Waals surface area contributed by atoms with Crippen LogP contribution >= 0.6 is 0 Å². The number of benzene rings is 2. The van der Waals surface area contributed by atoms with Gasteiger partial charge in [0.05, 0.1) is 23.3 Å². The summed E-state index contributed by atoms with van der Waals surface area (Å²) in [6, 6.07) is 11.5. The third kappa shape index (κ3) is 4.91. The predicted octanol–water partition coefficient (Wildman–Crippen LogP) is 4.12. The summed E-state index contributed by atoms with van der Waals surface area (Å²) in [6.07, 6.45) is 4.89. The molecule has 0 amide bonds. The molecular weight excluding hydrogens is 386 g/mol. The molecule has 1 heterocycles. The van der Waals surface area contributed by atoms with Crippen molar-refractivity contribution in [1.82, 2.24) is 9.78 Å². The lowest BCUT2D eigenvalue weighted by Crippen LogP contribution is -1.98. The van der Waals surface area contributed by atoms with Crippen molar-refractivity contribution in [2.75, 3.05) is 7.11 Å². The summed E-state index contributed by atoms with van der Waals surface area (Å²) in [5, 5.41) is 14.9. The van der Waals surface area contributed by atoms with Crippen LogP contribution in [-0.4, -0.2) is 27.6 Å². The maximum atomic E-state index is 12.4. The number of hydrogen-bond acceptors (Lipinski definition) is 6. The Hall–Kier alpha value is -3.94. The minimum atomic E-state index is -0.444. The summed E-state index contributed by atoms with van der Waals surface area (Å²) >= 11 is 0. The molecule has 2 aromatic carbocycles. The summed E-state index contributed by atoms with van der Waals surface area (Å²) < 4.78 is 12.8. The maximum Gasteiger partial charge on any atom is 0.269 e. The monoisotopic (exact) mass is 407 g/mol. The normalized spacial score (nSPS) is 10.9. The van der Waals surface area contributed by atoms with E-state index in [0.717, 1.165) is 11.1 Å². The number of nitrogens with zero attached hydrogens (tertiary/aromatic N) is 3. The van der Waals surface area contributed by atoms with Crippen LogP contribution in [0.2, 0.25) is 0 Å². The second-order valence-electron chi connectivity index (χ2n) is 6.62. The van der Waals surface area contributed by atoms with Crippen LogP contribution < -0.4 is 9.47 Å². The van der Waals surface area contributed by atoms with Crippen LogP contribution in [0.3, 0.4) is 0 Å². The highest BCUT2D eigenvalue weighted by atomic mass is 16.6. The highest BCUT2D eigenvalue weighted by Crippen LogP contribution is 2.29. The quantitative estimate of drug-likeness (QED) is 0.241. The molecule has 0 aliphatic rings. The first-order valence-electron chi connectivity index (χ1n) is 9.14. The van der Waals surface area contributed by atoms with E-state index in [-0.39, 0.29) is 18.1 Å². The van der Waals surface area contributed by atoms with E-state index in [1.807, 2.05) is 6.07 Å². The number of nitro groups is 1. The summed E-state index contributed by atoms with van der Waals surface area (Å²) in [6.45, 7) is 2.03. The molecular formula is C22H21N3O5. The van der Waals surface area contributed by atoms with Crippen molar-refractivity contribution in [2.45, 2.75) is 13.5 Å². The first-order chi connectivity index (χ1) is 14.4. The molecule has 0 radical (unpaired) electrons. The fraction of sp³-hybridized carbons (Fsp3) is 0.182. The number of hydrogen-bond donors (Lipinski definition) is 0. The zero-order chi connectivity index (χ0) is 21.7. The summed E-state index contributed by atoms with van der Waals surface area (Å²) in [5.74, 6) is 0.921. The number of non-ortho nitro benzene ring substituents is 1. The fourth-order valence-corrected chi connectivity index (χ4v) is 2.89. The van der Waals surface area contributed by atoms with E-state index in [9.17, 15) is 14.9 Å². The average Bonchev–Trinajstić information content (AvgIpc) is 3.09. The van der Waals surface area contributed by atoms with Crippen molar-refractivity contribution >= 4 is 17.5 Å². The average molecular weight is 407 g/mol. The highest BCUT2D eigenvalue weighted by molar-refractivity contribution is 6.07. The van der Waals surface area contributed by atoms with Crippen LogP contribution in [-0.2, 0) is 13.7 Å². The van der Waals surface area contributed by atoms with Gasteiger partial charge in [0.1, 0.15) is 6.61 Å². The Morgan fingerprint density at radius 3 is 2.53 bits per heavy atom. The molecule has 30 heavy (non-hydrogen) atoms. The van der Waals surface area contributed by atoms with Crippen molar-refractivity contribution in [1.29, 1.82) is 0 Å². The van der Waals surface area contributed by atoms with Crippen molar-refractivity contribution in [3.8, 4) is 11.5 Å². The topological polar surface area (TPSA) is 96.5 Å². The van der Waals surface area contributed by atoms with Gasteiger partial charge >= 0.3 is 0 Å². The number of ether oxygens (including phenoxy) is 2. The standard InChI is InChI=1S/C22H21N3O5/c1-15-19(13-24(2)23-15)20(26)10-6-16-7-11-21(22(12-16)29-3)30-14-17-4-8-18(9-5-17)25(27)28/h4-13H,14H2,1-3H3/b10-6+. The molecule has 3 aromatic rings. The number of aromatic nitrogens is 2. The van der Waals surface area contributed by atoms with E-state index >= 15 is 0 Å². The lowest BCUT2D eigenvalue weighted by molar-refractivity contribution is -0.384. The van der Waals surface area contributed by atoms with Gasteiger partial charge in [-0.3, -0.25) is 19.6 Å². The van der Waals surface area contributed by atoms with Crippen LogP contribution in [0.15, 0.2) is 54.7 Å². The minimum absolute atomic E-state index is 0.0310. The van der Waals surface area contributed by atoms with Crippen LogP contribution in [0.5, 0.6) is 11.5 Å². The van der Waals surface area contributed by atoms with Crippen molar-refractivity contribution < 1.29 is 19.2 Å².